The standard InChI is InChI=1S/C13H19N3O3/c17-8-10-4-2-1-3-9(10)7-15-13-14-6-5-11(16-13)12(18)19/h5-6,9-10,17H,1-4,7-8H2,(H,18,19)(H,14,15,16). The number of aliphatic hydroxyl groups is 1. The SMILES string of the molecule is O=C(O)c1ccnc(NCC2CCCCC2CO)n1. The second-order valence-electron chi connectivity index (χ2n) is 4.94. The summed E-state index contributed by atoms with van der Waals surface area (Å²) in [5.41, 5.74) is -0.0140. The fourth-order valence-corrected chi connectivity index (χ4v) is 2.58. The van der Waals surface area contributed by atoms with Crippen molar-refractivity contribution in [1.29, 1.82) is 0 Å². The summed E-state index contributed by atoms with van der Waals surface area (Å²) in [4.78, 5) is 18.7. The summed E-state index contributed by atoms with van der Waals surface area (Å²) in [7, 11) is 0. The molecule has 2 atom stereocenters. The summed E-state index contributed by atoms with van der Waals surface area (Å²) in [6.45, 7) is 0.886. The Kier molecular flexibility index (Phi) is 4.68. The predicted molar refractivity (Wildman–Crippen MR) is 70.0 cm³/mol. The molecule has 1 aliphatic carbocycles. The molecule has 0 radical (unpaired) electrons. The van der Waals surface area contributed by atoms with Crippen LogP contribution < -0.4 is 5.32 Å². The van der Waals surface area contributed by atoms with E-state index in [4.69, 9.17) is 5.11 Å². The van der Waals surface area contributed by atoms with Gasteiger partial charge in [0.05, 0.1) is 0 Å². The highest BCUT2D eigenvalue weighted by atomic mass is 16.4. The lowest BCUT2D eigenvalue weighted by atomic mass is 9.80. The molecule has 0 aliphatic heterocycles. The van der Waals surface area contributed by atoms with Gasteiger partial charge in [-0.05, 0) is 30.7 Å². The maximum atomic E-state index is 10.8. The van der Waals surface area contributed by atoms with Crippen LogP contribution in [0.4, 0.5) is 5.95 Å². The van der Waals surface area contributed by atoms with Crippen LogP contribution in [0.1, 0.15) is 36.2 Å². The number of aromatic carboxylic acids is 1. The fourth-order valence-electron chi connectivity index (χ4n) is 2.58. The highest BCUT2D eigenvalue weighted by Gasteiger charge is 2.24. The van der Waals surface area contributed by atoms with Crippen LogP contribution in [0, 0.1) is 11.8 Å². The van der Waals surface area contributed by atoms with Crippen molar-refractivity contribution in [1.82, 2.24) is 9.97 Å². The van der Waals surface area contributed by atoms with Crippen molar-refractivity contribution in [2.75, 3.05) is 18.5 Å². The zero-order chi connectivity index (χ0) is 13.7. The molecule has 6 heteroatoms. The number of carboxylic acids is 1. The van der Waals surface area contributed by atoms with Crippen LogP contribution in [0.25, 0.3) is 0 Å². The molecule has 3 N–H and O–H groups in total. The average molecular weight is 265 g/mol. The van der Waals surface area contributed by atoms with E-state index in [1.807, 2.05) is 0 Å². The van der Waals surface area contributed by atoms with E-state index in [0.717, 1.165) is 12.8 Å². The third-order valence-corrected chi connectivity index (χ3v) is 3.70. The van der Waals surface area contributed by atoms with Crippen LogP contribution in [-0.2, 0) is 0 Å². The summed E-state index contributed by atoms with van der Waals surface area (Å²) in [5, 5.41) is 21.3. The van der Waals surface area contributed by atoms with Crippen molar-refractivity contribution in [3.05, 3.63) is 18.0 Å². The van der Waals surface area contributed by atoms with Crippen LogP contribution in [0.15, 0.2) is 12.3 Å². The Morgan fingerprint density at radius 3 is 2.79 bits per heavy atom. The van der Waals surface area contributed by atoms with E-state index in [9.17, 15) is 9.90 Å². The number of hydrogen-bond donors (Lipinski definition) is 3. The summed E-state index contributed by atoms with van der Waals surface area (Å²) < 4.78 is 0. The molecule has 0 saturated heterocycles. The predicted octanol–water partition coefficient (Wildman–Crippen LogP) is 1.39. The van der Waals surface area contributed by atoms with Crippen LogP contribution in [0.2, 0.25) is 0 Å². The molecule has 2 rings (SSSR count). The van der Waals surface area contributed by atoms with Gasteiger partial charge in [-0.1, -0.05) is 12.8 Å². The first-order valence-electron chi connectivity index (χ1n) is 6.61. The van der Waals surface area contributed by atoms with E-state index in [0.29, 0.717) is 24.3 Å². The molecule has 1 fully saturated rings. The number of carbonyl (C=O) groups is 1. The highest BCUT2D eigenvalue weighted by Crippen LogP contribution is 2.29. The van der Waals surface area contributed by atoms with Crippen molar-refractivity contribution in [3.8, 4) is 0 Å². The lowest BCUT2D eigenvalue weighted by Crippen LogP contribution is -2.29. The Morgan fingerprint density at radius 2 is 2.11 bits per heavy atom. The summed E-state index contributed by atoms with van der Waals surface area (Å²) in [5.74, 6) is -0.00162. The van der Waals surface area contributed by atoms with Crippen LogP contribution >= 0.6 is 0 Å². The quantitative estimate of drug-likeness (QED) is 0.744. The van der Waals surface area contributed by atoms with Crippen LogP contribution in [0.3, 0.4) is 0 Å². The molecule has 0 bridgehead atoms. The van der Waals surface area contributed by atoms with Crippen LogP contribution in [-0.4, -0.2) is 39.3 Å². The fraction of sp³-hybridized carbons (Fsp3) is 0.615. The number of hydrogen-bond acceptors (Lipinski definition) is 5. The molecular formula is C13H19N3O3. The van der Waals surface area contributed by atoms with Gasteiger partial charge < -0.3 is 15.5 Å². The van der Waals surface area contributed by atoms with Gasteiger partial charge in [0.2, 0.25) is 5.95 Å². The molecule has 1 aromatic heterocycles. The van der Waals surface area contributed by atoms with Gasteiger partial charge >= 0.3 is 5.97 Å². The lowest BCUT2D eigenvalue weighted by Gasteiger charge is -2.30. The van der Waals surface area contributed by atoms with Gasteiger partial charge in [0, 0.05) is 19.3 Å². The Labute approximate surface area is 111 Å². The summed E-state index contributed by atoms with van der Waals surface area (Å²) in [6, 6.07) is 1.37. The minimum atomic E-state index is -1.06. The molecule has 1 heterocycles. The van der Waals surface area contributed by atoms with Gasteiger partial charge in [-0.15, -0.1) is 0 Å². The van der Waals surface area contributed by atoms with E-state index in [1.165, 1.54) is 25.1 Å². The molecule has 19 heavy (non-hydrogen) atoms. The molecule has 1 aliphatic rings. The van der Waals surface area contributed by atoms with Gasteiger partial charge in [-0.3, -0.25) is 0 Å². The van der Waals surface area contributed by atoms with Crippen molar-refractivity contribution in [2.45, 2.75) is 25.7 Å². The van der Waals surface area contributed by atoms with Gasteiger partial charge in [0.1, 0.15) is 0 Å². The summed E-state index contributed by atoms with van der Waals surface area (Å²) >= 11 is 0. The number of nitrogens with zero attached hydrogens (tertiary/aromatic N) is 2. The zero-order valence-corrected chi connectivity index (χ0v) is 10.7. The number of carboxylic acid groups (broad SMARTS) is 1. The third kappa shape index (κ3) is 3.64. The molecule has 1 saturated carbocycles. The van der Waals surface area contributed by atoms with Gasteiger partial charge in [-0.25, -0.2) is 14.8 Å². The monoisotopic (exact) mass is 265 g/mol. The zero-order valence-electron chi connectivity index (χ0n) is 10.7. The van der Waals surface area contributed by atoms with Gasteiger partial charge in [0.15, 0.2) is 5.69 Å². The van der Waals surface area contributed by atoms with E-state index in [1.54, 1.807) is 0 Å². The minimum Gasteiger partial charge on any atom is -0.477 e. The summed E-state index contributed by atoms with van der Waals surface area (Å²) in [6.07, 6.45) is 5.92. The second-order valence-corrected chi connectivity index (χ2v) is 4.94. The van der Waals surface area contributed by atoms with Gasteiger partial charge in [-0.2, -0.15) is 0 Å². The number of rotatable bonds is 5. The lowest BCUT2D eigenvalue weighted by molar-refractivity contribution is 0.0690. The van der Waals surface area contributed by atoms with Crippen molar-refractivity contribution in [2.24, 2.45) is 11.8 Å². The molecule has 0 spiro atoms. The maximum Gasteiger partial charge on any atom is 0.354 e. The number of anilines is 1. The van der Waals surface area contributed by atoms with E-state index >= 15 is 0 Å². The number of nitrogens with one attached hydrogen (secondary N) is 1. The third-order valence-electron chi connectivity index (χ3n) is 3.70. The Morgan fingerprint density at radius 1 is 1.37 bits per heavy atom. The number of aliphatic hydroxyl groups excluding tert-OH is 1. The average Bonchev–Trinajstić information content (AvgIpc) is 2.45. The number of aromatic nitrogens is 2. The topological polar surface area (TPSA) is 95.3 Å². The van der Waals surface area contributed by atoms with Crippen LogP contribution in [0.5, 0.6) is 0 Å². The molecule has 0 amide bonds. The van der Waals surface area contributed by atoms with E-state index in [2.05, 4.69) is 15.3 Å². The molecular weight excluding hydrogens is 246 g/mol. The first kappa shape index (κ1) is 13.7. The highest BCUT2D eigenvalue weighted by molar-refractivity contribution is 5.85. The second kappa shape index (κ2) is 6.47. The van der Waals surface area contributed by atoms with Crippen molar-refractivity contribution >= 4 is 11.9 Å². The van der Waals surface area contributed by atoms with Gasteiger partial charge in [0.25, 0.3) is 0 Å². The first-order valence-corrected chi connectivity index (χ1v) is 6.61. The Hall–Kier alpha value is -1.69. The largest absolute Gasteiger partial charge is 0.477 e. The molecule has 0 aromatic carbocycles. The molecule has 6 nitrogen and oxygen atoms in total. The molecule has 2 unspecified atom stereocenters. The van der Waals surface area contributed by atoms with Crippen molar-refractivity contribution in [3.63, 3.8) is 0 Å². The van der Waals surface area contributed by atoms with E-state index < -0.39 is 5.97 Å². The normalized spacial score (nSPS) is 23.0. The smallest absolute Gasteiger partial charge is 0.354 e. The van der Waals surface area contributed by atoms with Crippen molar-refractivity contribution < 1.29 is 15.0 Å². The minimum absolute atomic E-state index is 0.0140. The Bertz CT molecular complexity index is 439. The molecule has 1 aromatic rings. The Balaban J connectivity index is 1.94. The first-order chi connectivity index (χ1) is 9.20. The maximum absolute atomic E-state index is 10.8. The molecule has 104 valence electrons. The van der Waals surface area contributed by atoms with E-state index in [-0.39, 0.29) is 12.3 Å².